The van der Waals surface area contributed by atoms with Gasteiger partial charge in [0.1, 0.15) is 11.5 Å². The molecule has 1 spiro atoms. The number of carboxylic acid groups (broad SMARTS) is 1. The van der Waals surface area contributed by atoms with E-state index < -0.39 is 12.1 Å². The number of methoxy groups -OCH3 is 1. The quantitative estimate of drug-likeness (QED) is 0.567. The lowest BCUT2D eigenvalue weighted by Gasteiger charge is -2.44. The van der Waals surface area contributed by atoms with Crippen molar-refractivity contribution in [3.63, 3.8) is 0 Å². The predicted octanol–water partition coefficient (Wildman–Crippen LogP) is 4.31. The molecule has 1 aromatic carbocycles. The molecule has 0 unspecified atom stereocenters. The van der Waals surface area contributed by atoms with Gasteiger partial charge in [0.15, 0.2) is 5.60 Å². The van der Waals surface area contributed by atoms with Gasteiger partial charge < -0.3 is 23.6 Å². The summed E-state index contributed by atoms with van der Waals surface area (Å²) in [5, 5.41) is 7.12. The van der Waals surface area contributed by atoms with Gasteiger partial charge in [0, 0.05) is 45.1 Å². The molecular formula is C24H26F3N3O5. The van der Waals surface area contributed by atoms with E-state index in [0.717, 1.165) is 61.8 Å². The summed E-state index contributed by atoms with van der Waals surface area (Å²) in [5.41, 5.74) is 2.99. The molecule has 4 heterocycles. The van der Waals surface area contributed by atoms with E-state index in [9.17, 15) is 13.2 Å². The van der Waals surface area contributed by atoms with Crippen molar-refractivity contribution in [2.75, 3.05) is 26.8 Å². The van der Waals surface area contributed by atoms with Crippen molar-refractivity contribution >= 4 is 5.97 Å². The zero-order valence-corrected chi connectivity index (χ0v) is 19.1. The summed E-state index contributed by atoms with van der Waals surface area (Å²) in [7, 11) is 1.73. The number of halogens is 3. The summed E-state index contributed by atoms with van der Waals surface area (Å²) in [5.74, 6) is -0.810. The average Bonchev–Trinajstić information content (AvgIpc) is 3.50. The van der Waals surface area contributed by atoms with E-state index in [2.05, 4.69) is 21.6 Å². The molecule has 0 aliphatic carbocycles. The Morgan fingerprint density at radius 3 is 2.54 bits per heavy atom. The molecule has 0 amide bonds. The number of aromatic nitrogens is 2. The van der Waals surface area contributed by atoms with Gasteiger partial charge in [-0.25, -0.2) is 9.78 Å². The van der Waals surface area contributed by atoms with Gasteiger partial charge in [-0.15, -0.1) is 0 Å². The maximum atomic E-state index is 10.6. The fraction of sp³-hybridized carbons (Fsp3) is 0.417. The van der Waals surface area contributed by atoms with Gasteiger partial charge in [-0.05, 0) is 24.3 Å². The summed E-state index contributed by atoms with van der Waals surface area (Å²) >= 11 is 0. The van der Waals surface area contributed by atoms with Crippen LogP contribution in [0.4, 0.5) is 13.2 Å². The Morgan fingerprint density at radius 2 is 1.91 bits per heavy atom. The van der Waals surface area contributed by atoms with Crippen molar-refractivity contribution in [1.29, 1.82) is 0 Å². The Balaban J connectivity index is 0.000000364. The molecule has 11 heteroatoms. The molecule has 0 atom stereocenters. The topological polar surface area (TPSA) is 90.0 Å². The monoisotopic (exact) mass is 493 g/mol. The van der Waals surface area contributed by atoms with Crippen LogP contribution in [0.2, 0.25) is 0 Å². The standard InChI is InChI=1S/C22H25N3O3.C2HF3O2/c1-26-14-12-25-16-23-20-18-6-2-3-7-19(18)28-22(21(20)25)8-10-24(11-9-22)15-17-5-4-13-27-17;3-2(4,5)1(6)7/h2-7,13,16H,8-12,14-15H2,1H3;(H,6,7). The van der Waals surface area contributed by atoms with Gasteiger partial charge >= 0.3 is 12.1 Å². The van der Waals surface area contributed by atoms with Crippen molar-refractivity contribution in [3.8, 4) is 17.0 Å². The minimum atomic E-state index is -5.08. The van der Waals surface area contributed by atoms with Gasteiger partial charge in [0.2, 0.25) is 0 Å². The summed E-state index contributed by atoms with van der Waals surface area (Å²) in [6.07, 6.45) is 0.441. The molecule has 35 heavy (non-hydrogen) atoms. The van der Waals surface area contributed by atoms with Crippen molar-refractivity contribution in [3.05, 3.63) is 60.4 Å². The van der Waals surface area contributed by atoms with Crippen LogP contribution >= 0.6 is 0 Å². The first kappa shape index (κ1) is 24.8. The third-order valence-corrected chi connectivity index (χ3v) is 6.12. The molecule has 0 radical (unpaired) electrons. The number of para-hydroxylation sites is 1. The number of furan rings is 1. The van der Waals surface area contributed by atoms with E-state index >= 15 is 0 Å². The number of hydrogen-bond donors (Lipinski definition) is 1. The van der Waals surface area contributed by atoms with Gasteiger partial charge in [-0.3, -0.25) is 4.90 Å². The normalized spacial score (nSPS) is 16.6. The fourth-order valence-corrected chi connectivity index (χ4v) is 4.46. The van der Waals surface area contributed by atoms with Gasteiger partial charge in [-0.1, -0.05) is 12.1 Å². The highest BCUT2D eigenvalue weighted by atomic mass is 19.4. The lowest BCUT2D eigenvalue weighted by Crippen LogP contribution is -2.48. The largest absolute Gasteiger partial charge is 0.490 e. The Bertz CT molecular complexity index is 1140. The van der Waals surface area contributed by atoms with E-state index in [0.29, 0.717) is 6.61 Å². The third-order valence-electron chi connectivity index (χ3n) is 6.12. The number of carboxylic acids is 1. The average molecular weight is 493 g/mol. The maximum Gasteiger partial charge on any atom is 0.490 e. The van der Waals surface area contributed by atoms with Crippen molar-refractivity contribution in [2.45, 2.75) is 37.7 Å². The van der Waals surface area contributed by atoms with Crippen molar-refractivity contribution < 1.29 is 37.0 Å². The smallest absolute Gasteiger partial charge is 0.480 e. The lowest BCUT2D eigenvalue weighted by molar-refractivity contribution is -0.192. The Labute approximate surface area is 199 Å². The highest BCUT2D eigenvalue weighted by molar-refractivity contribution is 5.73. The van der Waals surface area contributed by atoms with E-state index in [-0.39, 0.29) is 5.60 Å². The minimum Gasteiger partial charge on any atom is -0.480 e. The number of imidazole rings is 1. The molecule has 1 fully saturated rings. The van der Waals surface area contributed by atoms with Crippen LogP contribution in [0.5, 0.6) is 5.75 Å². The molecule has 2 aliphatic rings. The summed E-state index contributed by atoms with van der Waals surface area (Å²) in [6.45, 7) is 4.19. The summed E-state index contributed by atoms with van der Waals surface area (Å²) in [6, 6.07) is 12.2. The lowest BCUT2D eigenvalue weighted by atomic mass is 9.83. The number of nitrogens with zero attached hydrogens (tertiary/aromatic N) is 3. The fourth-order valence-electron chi connectivity index (χ4n) is 4.46. The van der Waals surface area contributed by atoms with Crippen LogP contribution in [-0.4, -0.2) is 58.5 Å². The van der Waals surface area contributed by atoms with Crippen LogP contribution in [0.1, 0.15) is 24.3 Å². The molecule has 2 aromatic heterocycles. The van der Waals surface area contributed by atoms with E-state index in [4.69, 9.17) is 28.8 Å². The van der Waals surface area contributed by atoms with Crippen LogP contribution < -0.4 is 4.74 Å². The zero-order valence-electron chi connectivity index (χ0n) is 19.1. The van der Waals surface area contributed by atoms with Crippen LogP contribution in [0.3, 0.4) is 0 Å². The molecule has 2 aliphatic heterocycles. The number of benzene rings is 1. The molecule has 188 valence electrons. The number of carbonyl (C=O) groups is 1. The number of rotatable bonds is 5. The Morgan fingerprint density at radius 1 is 1.20 bits per heavy atom. The SMILES string of the molecule is COCCn1cnc2c1C1(CCN(Cc3ccco3)CC1)Oc1ccccc1-2.O=C(O)C(F)(F)F. The highest BCUT2D eigenvalue weighted by Gasteiger charge is 2.46. The molecule has 5 rings (SSSR count). The number of aliphatic carboxylic acids is 1. The third kappa shape index (κ3) is 5.35. The molecule has 8 nitrogen and oxygen atoms in total. The first-order valence-electron chi connectivity index (χ1n) is 11.1. The van der Waals surface area contributed by atoms with Crippen molar-refractivity contribution in [1.82, 2.24) is 14.5 Å². The van der Waals surface area contributed by atoms with Gasteiger partial charge in [-0.2, -0.15) is 13.2 Å². The van der Waals surface area contributed by atoms with Gasteiger partial charge in [0.05, 0.1) is 37.1 Å². The number of fused-ring (bicyclic) bond motifs is 4. The molecule has 0 saturated carbocycles. The summed E-state index contributed by atoms with van der Waals surface area (Å²) in [4.78, 5) is 16.1. The highest BCUT2D eigenvalue weighted by Crippen LogP contribution is 2.49. The second-order valence-electron chi connectivity index (χ2n) is 8.38. The molecule has 1 N–H and O–H groups in total. The van der Waals surface area contributed by atoms with E-state index in [1.54, 1.807) is 13.4 Å². The second-order valence-corrected chi connectivity index (χ2v) is 8.38. The number of piperidine rings is 1. The molecular weight excluding hydrogens is 467 g/mol. The van der Waals surface area contributed by atoms with Crippen LogP contribution in [0.15, 0.2) is 53.4 Å². The maximum absolute atomic E-state index is 10.6. The summed E-state index contributed by atoms with van der Waals surface area (Å²) < 4.78 is 51.5. The van der Waals surface area contributed by atoms with Crippen LogP contribution in [0, 0.1) is 0 Å². The van der Waals surface area contributed by atoms with Crippen molar-refractivity contribution in [2.24, 2.45) is 0 Å². The van der Waals surface area contributed by atoms with Crippen LogP contribution in [0.25, 0.3) is 11.3 Å². The second kappa shape index (κ2) is 10.1. The number of hydrogen-bond acceptors (Lipinski definition) is 6. The number of ether oxygens (including phenoxy) is 2. The van der Waals surface area contributed by atoms with E-state index in [1.165, 1.54) is 5.69 Å². The molecule has 0 bridgehead atoms. The zero-order chi connectivity index (χ0) is 25.1. The number of likely N-dealkylation sites (tertiary alicyclic amines) is 1. The van der Waals surface area contributed by atoms with Gasteiger partial charge in [0.25, 0.3) is 0 Å². The van der Waals surface area contributed by atoms with Crippen LogP contribution in [-0.2, 0) is 28.2 Å². The predicted molar refractivity (Wildman–Crippen MR) is 119 cm³/mol. The minimum absolute atomic E-state index is 0.340. The molecule has 1 saturated heterocycles. The number of alkyl halides is 3. The Kier molecular flexibility index (Phi) is 7.18. The first-order valence-corrected chi connectivity index (χ1v) is 11.1. The Hall–Kier alpha value is -3.31. The first-order chi connectivity index (χ1) is 16.7. The molecule has 3 aromatic rings. The van der Waals surface area contributed by atoms with E-state index in [1.807, 2.05) is 30.6 Å².